The maximum Gasteiger partial charge on any atom is 0.164 e. The summed E-state index contributed by atoms with van der Waals surface area (Å²) >= 11 is 9.50. The second-order valence-electron chi connectivity index (χ2n) is 3.75. The molecule has 0 unspecified atom stereocenters. The summed E-state index contributed by atoms with van der Waals surface area (Å²) in [6.45, 7) is 2.10. The Morgan fingerprint density at radius 1 is 1.41 bits per heavy atom. The van der Waals surface area contributed by atoms with Crippen molar-refractivity contribution in [1.29, 1.82) is 0 Å². The van der Waals surface area contributed by atoms with E-state index in [1.165, 1.54) is 0 Å². The van der Waals surface area contributed by atoms with Gasteiger partial charge >= 0.3 is 0 Å². The quantitative estimate of drug-likeness (QED) is 0.817. The van der Waals surface area contributed by atoms with Crippen LogP contribution in [0.25, 0.3) is 11.4 Å². The molecule has 2 rings (SSSR count). The van der Waals surface area contributed by atoms with Crippen molar-refractivity contribution in [2.45, 2.75) is 19.8 Å². The molecule has 0 saturated carbocycles. The molecule has 0 amide bonds. The molecule has 17 heavy (non-hydrogen) atoms. The van der Waals surface area contributed by atoms with Gasteiger partial charge in [-0.15, -0.1) is 0 Å². The highest BCUT2D eigenvalue weighted by molar-refractivity contribution is 9.10. The van der Waals surface area contributed by atoms with E-state index in [-0.39, 0.29) is 0 Å². The van der Waals surface area contributed by atoms with Crippen molar-refractivity contribution in [1.82, 2.24) is 19.7 Å². The van der Waals surface area contributed by atoms with Crippen molar-refractivity contribution in [3.8, 4) is 11.4 Å². The monoisotopic (exact) mass is 314 g/mol. The van der Waals surface area contributed by atoms with Crippen LogP contribution in [-0.2, 0) is 13.5 Å². The van der Waals surface area contributed by atoms with E-state index < -0.39 is 0 Å². The zero-order chi connectivity index (χ0) is 12.4. The lowest BCUT2D eigenvalue weighted by Crippen LogP contribution is -1.98. The highest BCUT2D eigenvalue weighted by Gasteiger charge is 2.12. The Morgan fingerprint density at radius 3 is 2.76 bits per heavy atom. The second-order valence-corrected chi connectivity index (χ2v) is 4.90. The minimum atomic E-state index is 0.447. The number of hydrogen-bond donors (Lipinski definition) is 0. The molecule has 0 radical (unpaired) electrons. The third kappa shape index (κ3) is 2.66. The zero-order valence-corrected chi connectivity index (χ0v) is 12.0. The van der Waals surface area contributed by atoms with Gasteiger partial charge in [-0.3, -0.25) is 4.68 Å². The molecule has 90 valence electrons. The number of aromatic nitrogens is 4. The van der Waals surface area contributed by atoms with Crippen molar-refractivity contribution in [2.24, 2.45) is 7.05 Å². The van der Waals surface area contributed by atoms with Crippen LogP contribution >= 0.6 is 27.5 Å². The summed E-state index contributed by atoms with van der Waals surface area (Å²) < 4.78 is 2.50. The van der Waals surface area contributed by atoms with Crippen LogP contribution < -0.4 is 0 Å². The van der Waals surface area contributed by atoms with Gasteiger partial charge in [0.1, 0.15) is 5.15 Å². The first kappa shape index (κ1) is 12.5. The molecule has 0 spiro atoms. The molecule has 0 aliphatic carbocycles. The van der Waals surface area contributed by atoms with E-state index in [1.54, 1.807) is 10.9 Å². The van der Waals surface area contributed by atoms with Gasteiger partial charge in [-0.25, -0.2) is 9.97 Å². The average molecular weight is 316 g/mol. The van der Waals surface area contributed by atoms with Crippen molar-refractivity contribution in [3.63, 3.8) is 0 Å². The molecule has 4 nitrogen and oxygen atoms in total. The van der Waals surface area contributed by atoms with Crippen molar-refractivity contribution in [3.05, 3.63) is 27.7 Å². The Labute approximate surface area is 113 Å². The molecular formula is C11H12BrClN4. The van der Waals surface area contributed by atoms with Gasteiger partial charge in [0.2, 0.25) is 0 Å². The lowest BCUT2D eigenvalue weighted by atomic mass is 10.2. The van der Waals surface area contributed by atoms with Crippen LogP contribution in [-0.4, -0.2) is 19.7 Å². The average Bonchev–Trinajstić information content (AvgIpc) is 2.71. The SMILES string of the molecule is CCCc1nc(-c2cnn(C)c2)nc(Cl)c1Br. The van der Waals surface area contributed by atoms with Gasteiger partial charge in [0.05, 0.1) is 21.9 Å². The maximum atomic E-state index is 6.09. The maximum absolute atomic E-state index is 6.09. The number of hydrogen-bond acceptors (Lipinski definition) is 3. The first-order valence-corrected chi connectivity index (χ1v) is 6.49. The smallest absolute Gasteiger partial charge is 0.164 e. The molecule has 0 N–H and O–H groups in total. The van der Waals surface area contributed by atoms with Gasteiger partial charge in [-0.05, 0) is 22.4 Å². The van der Waals surface area contributed by atoms with E-state index in [1.807, 2.05) is 13.2 Å². The summed E-state index contributed by atoms with van der Waals surface area (Å²) in [5.41, 5.74) is 1.81. The fourth-order valence-corrected chi connectivity index (χ4v) is 2.10. The van der Waals surface area contributed by atoms with Gasteiger partial charge in [0.25, 0.3) is 0 Å². The van der Waals surface area contributed by atoms with E-state index in [9.17, 15) is 0 Å². The summed E-state index contributed by atoms with van der Waals surface area (Å²) in [5, 5.41) is 4.55. The molecule has 0 aliphatic heterocycles. The van der Waals surface area contributed by atoms with Gasteiger partial charge in [-0.1, -0.05) is 24.9 Å². The first-order chi connectivity index (χ1) is 8.11. The van der Waals surface area contributed by atoms with E-state index in [4.69, 9.17) is 11.6 Å². The largest absolute Gasteiger partial charge is 0.275 e. The summed E-state index contributed by atoms with van der Waals surface area (Å²) in [5.74, 6) is 0.620. The Morgan fingerprint density at radius 2 is 2.18 bits per heavy atom. The lowest BCUT2D eigenvalue weighted by molar-refractivity contribution is 0.768. The Balaban J connectivity index is 2.48. The van der Waals surface area contributed by atoms with E-state index >= 15 is 0 Å². The molecule has 2 aromatic rings. The number of nitrogens with zero attached hydrogens (tertiary/aromatic N) is 4. The molecule has 6 heteroatoms. The van der Waals surface area contributed by atoms with Crippen LogP contribution in [0, 0.1) is 0 Å². The van der Waals surface area contributed by atoms with Gasteiger partial charge in [-0.2, -0.15) is 5.10 Å². The Bertz CT molecular complexity index is 538. The number of rotatable bonds is 3. The Hall–Kier alpha value is -0.940. The standard InChI is InChI=1S/C11H12BrClN4/c1-3-4-8-9(12)10(13)16-11(15-8)7-5-14-17(2)6-7/h5-6H,3-4H2,1-2H3. The molecule has 0 bridgehead atoms. The topological polar surface area (TPSA) is 43.6 Å². The molecule has 0 aromatic carbocycles. The van der Waals surface area contributed by atoms with Crippen LogP contribution in [0.2, 0.25) is 5.15 Å². The van der Waals surface area contributed by atoms with Crippen LogP contribution in [0.15, 0.2) is 16.9 Å². The molecule has 0 saturated heterocycles. The van der Waals surface area contributed by atoms with E-state index in [2.05, 4.69) is 37.9 Å². The lowest BCUT2D eigenvalue weighted by Gasteiger charge is -2.05. The first-order valence-electron chi connectivity index (χ1n) is 5.32. The third-order valence-corrected chi connectivity index (χ3v) is 3.66. The minimum absolute atomic E-state index is 0.447. The van der Waals surface area contributed by atoms with Crippen LogP contribution in [0.5, 0.6) is 0 Å². The highest BCUT2D eigenvalue weighted by Crippen LogP contribution is 2.27. The fraction of sp³-hybridized carbons (Fsp3) is 0.364. The van der Waals surface area contributed by atoms with Crippen molar-refractivity contribution in [2.75, 3.05) is 0 Å². The summed E-state index contributed by atoms with van der Waals surface area (Å²) in [6, 6.07) is 0. The fourth-order valence-electron chi connectivity index (χ4n) is 1.53. The van der Waals surface area contributed by atoms with Crippen molar-refractivity contribution >= 4 is 27.5 Å². The third-order valence-electron chi connectivity index (χ3n) is 2.33. The van der Waals surface area contributed by atoms with Gasteiger partial charge < -0.3 is 0 Å². The molecule has 0 fully saturated rings. The van der Waals surface area contributed by atoms with E-state index in [0.29, 0.717) is 11.0 Å². The normalized spacial score (nSPS) is 10.8. The zero-order valence-electron chi connectivity index (χ0n) is 9.61. The number of halogens is 2. The summed E-state index contributed by atoms with van der Waals surface area (Å²) in [6.07, 6.45) is 5.49. The second kappa shape index (κ2) is 5.14. The molecule has 0 atom stereocenters. The summed E-state index contributed by atoms with van der Waals surface area (Å²) in [4.78, 5) is 8.76. The predicted molar refractivity (Wildman–Crippen MR) is 70.9 cm³/mol. The molecule has 2 aromatic heterocycles. The van der Waals surface area contributed by atoms with Gasteiger partial charge in [0.15, 0.2) is 5.82 Å². The highest BCUT2D eigenvalue weighted by atomic mass is 79.9. The van der Waals surface area contributed by atoms with Crippen LogP contribution in [0.4, 0.5) is 0 Å². The van der Waals surface area contributed by atoms with Gasteiger partial charge in [0, 0.05) is 13.2 Å². The predicted octanol–water partition coefficient (Wildman–Crippen LogP) is 3.25. The minimum Gasteiger partial charge on any atom is -0.275 e. The van der Waals surface area contributed by atoms with Crippen LogP contribution in [0.3, 0.4) is 0 Å². The van der Waals surface area contributed by atoms with Crippen LogP contribution in [0.1, 0.15) is 19.0 Å². The Kier molecular flexibility index (Phi) is 3.79. The van der Waals surface area contributed by atoms with E-state index in [0.717, 1.165) is 28.6 Å². The molecular weight excluding hydrogens is 304 g/mol. The molecule has 0 aliphatic rings. The van der Waals surface area contributed by atoms with Crippen molar-refractivity contribution < 1.29 is 0 Å². The molecule has 2 heterocycles. The summed E-state index contributed by atoms with van der Waals surface area (Å²) in [7, 11) is 1.86. The number of aryl methyl sites for hydroxylation is 2.